The van der Waals surface area contributed by atoms with Crippen LogP contribution >= 0.6 is 11.8 Å². The van der Waals surface area contributed by atoms with Crippen LogP contribution in [0.15, 0.2) is 119 Å². The number of hydrogen-bond acceptors (Lipinski definition) is 3. The van der Waals surface area contributed by atoms with E-state index in [4.69, 9.17) is 4.98 Å². The summed E-state index contributed by atoms with van der Waals surface area (Å²) in [6.45, 7) is 0. The van der Waals surface area contributed by atoms with Crippen LogP contribution in [0.5, 0.6) is 0 Å². The maximum Gasteiger partial charge on any atom is 0.145 e. The maximum absolute atomic E-state index is 4.93. The zero-order chi connectivity index (χ0) is 21.1. The van der Waals surface area contributed by atoms with E-state index in [0.717, 1.165) is 11.2 Å². The zero-order valence-corrected chi connectivity index (χ0v) is 18.0. The van der Waals surface area contributed by atoms with E-state index >= 15 is 0 Å². The minimum atomic E-state index is 0.970. The Hall–Kier alpha value is -3.82. The third-order valence-electron chi connectivity index (χ3n) is 6.26. The molecule has 0 saturated carbocycles. The number of pyridine rings is 1. The van der Waals surface area contributed by atoms with Gasteiger partial charge in [0.05, 0.1) is 11.4 Å². The summed E-state index contributed by atoms with van der Waals surface area (Å²) in [5.74, 6) is 0.970. The van der Waals surface area contributed by atoms with Gasteiger partial charge in [-0.05, 0) is 39.7 Å². The van der Waals surface area contributed by atoms with Crippen LogP contribution in [0.25, 0.3) is 32.3 Å². The van der Waals surface area contributed by atoms with E-state index in [-0.39, 0.29) is 0 Å². The average Bonchev–Trinajstić information content (AvgIpc) is 2.87. The first-order chi connectivity index (χ1) is 15.9. The fraction of sp³-hybridized carbons (Fsp3) is 0. The Morgan fingerprint density at radius 1 is 0.562 bits per heavy atom. The molecule has 0 atom stereocenters. The number of hydrogen-bond donors (Lipinski definition) is 0. The molecule has 0 amide bonds. The predicted octanol–water partition coefficient (Wildman–Crippen LogP) is 8.48. The van der Waals surface area contributed by atoms with Gasteiger partial charge in [-0.25, -0.2) is 4.98 Å². The lowest BCUT2D eigenvalue weighted by molar-refractivity contribution is 1.15. The van der Waals surface area contributed by atoms with Crippen molar-refractivity contribution in [1.29, 1.82) is 0 Å². The molecule has 2 heterocycles. The fourth-order valence-corrected chi connectivity index (χ4v) is 6.01. The van der Waals surface area contributed by atoms with Gasteiger partial charge in [0.1, 0.15) is 5.82 Å². The maximum atomic E-state index is 4.93. The Labute approximate surface area is 190 Å². The summed E-state index contributed by atoms with van der Waals surface area (Å²) < 4.78 is 0. The standard InChI is InChI=1S/C29H18N2S/c1-4-10-22-19(7-1)14-16-26-27(22)31(29-24-12-6-3-9-21(24)17-18-30-29)25-15-13-20-8-2-5-11-23(20)28(25)32-26/h1-18H. The minimum Gasteiger partial charge on any atom is -0.292 e. The lowest BCUT2D eigenvalue weighted by atomic mass is 10.0. The van der Waals surface area contributed by atoms with Gasteiger partial charge in [-0.2, -0.15) is 0 Å². The van der Waals surface area contributed by atoms with E-state index in [2.05, 4.69) is 108 Å². The van der Waals surface area contributed by atoms with Crippen LogP contribution in [0.3, 0.4) is 0 Å². The van der Waals surface area contributed by atoms with Gasteiger partial charge in [-0.15, -0.1) is 0 Å². The summed E-state index contributed by atoms with van der Waals surface area (Å²) >= 11 is 1.86. The summed E-state index contributed by atoms with van der Waals surface area (Å²) in [6.07, 6.45) is 1.92. The van der Waals surface area contributed by atoms with Gasteiger partial charge in [0.15, 0.2) is 0 Å². The van der Waals surface area contributed by atoms with E-state index in [0.29, 0.717) is 0 Å². The molecule has 0 bridgehead atoms. The molecule has 0 aliphatic carbocycles. The number of nitrogens with zero attached hydrogens (tertiary/aromatic N) is 2. The molecule has 0 spiro atoms. The smallest absolute Gasteiger partial charge is 0.145 e. The van der Waals surface area contributed by atoms with Gasteiger partial charge < -0.3 is 0 Å². The third kappa shape index (κ3) is 2.52. The van der Waals surface area contributed by atoms with Gasteiger partial charge >= 0.3 is 0 Å². The minimum absolute atomic E-state index is 0.970. The first kappa shape index (κ1) is 17.8. The van der Waals surface area contributed by atoms with E-state index in [1.54, 1.807) is 0 Å². The van der Waals surface area contributed by atoms with Crippen molar-refractivity contribution in [2.45, 2.75) is 9.79 Å². The first-order valence-electron chi connectivity index (χ1n) is 10.7. The highest BCUT2D eigenvalue weighted by Gasteiger charge is 2.29. The fourth-order valence-electron chi connectivity index (χ4n) is 4.80. The second kappa shape index (κ2) is 6.84. The highest BCUT2D eigenvalue weighted by molar-refractivity contribution is 8.00. The molecule has 1 aliphatic heterocycles. The van der Waals surface area contributed by atoms with Crippen molar-refractivity contribution in [3.63, 3.8) is 0 Å². The molecular weight excluding hydrogens is 408 g/mol. The molecule has 0 saturated heterocycles. The summed E-state index contributed by atoms with van der Waals surface area (Å²) in [6, 6.07) is 36.8. The van der Waals surface area contributed by atoms with Crippen molar-refractivity contribution in [2.75, 3.05) is 4.90 Å². The molecule has 5 aromatic carbocycles. The lowest BCUT2D eigenvalue weighted by Gasteiger charge is -2.34. The highest BCUT2D eigenvalue weighted by Crippen LogP contribution is 2.55. The molecule has 2 nitrogen and oxygen atoms in total. The summed E-state index contributed by atoms with van der Waals surface area (Å²) in [5.41, 5.74) is 2.39. The van der Waals surface area contributed by atoms with Crippen molar-refractivity contribution in [3.05, 3.63) is 109 Å². The Morgan fingerprint density at radius 3 is 2.00 bits per heavy atom. The number of fused-ring (bicyclic) bond motifs is 7. The Kier molecular flexibility index (Phi) is 3.81. The van der Waals surface area contributed by atoms with Crippen molar-refractivity contribution in [2.24, 2.45) is 0 Å². The average molecular weight is 427 g/mol. The topological polar surface area (TPSA) is 16.1 Å². The molecule has 1 aliphatic rings. The van der Waals surface area contributed by atoms with E-state index in [9.17, 15) is 0 Å². The molecule has 0 unspecified atom stereocenters. The third-order valence-corrected chi connectivity index (χ3v) is 7.45. The van der Waals surface area contributed by atoms with Crippen LogP contribution in [-0.4, -0.2) is 4.98 Å². The Bertz CT molecular complexity index is 1670. The van der Waals surface area contributed by atoms with Crippen LogP contribution in [0.4, 0.5) is 17.2 Å². The zero-order valence-electron chi connectivity index (χ0n) is 17.2. The van der Waals surface area contributed by atoms with Gasteiger partial charge in [-0.1, -0.05) is 96.7 Å². The lowest BCUT2D eigenvalue weighted by Crippen LogP contribution is -2.17. The number of anilines is 3. The van der Waals surface area contributed by atoms with Crippen LogP contribution in [0.1, 0.15) is 0 Å². The van der Waals surface area contributed by atoms with Crippen molar-refractivity contribution < 1.29 is 0 Å². The monoisotopic (exact) mass is 426 g/mol. The van der Waals surface area contributed by atoms with Crippen molar-refractivity contribution in [3.8, 4) is 0 Å². The summed E-state index contributed by atoms with van der Waals surface area (Å²) in [7, 11) is 0. The Balaban J connectivity index is 1.64. The molecule has 0 radical (unpaired) electrons. The molecule has 0 N–H and O–H groups in total. The van der Waals surface area contributed by atoms with Crippen LogP contribution < -0.4 is 4.90 Å². The first-order valence-corrected chi connectivity index (χ1v) is 11.6. The molecule has 7 rings (SSSR count). The summed E-state index contributed by atoms with van der Waals surface area (Å²) in [5, 5.41) is 7.36. The quantitative estimate of drug-likeness (QED) is 0.262. The number of rotatable bonds is 1. The predicted molar refractivity (Wildman–Crippen MR) is 136 cm³/mol. The van der Waals surface area contributed by atoms with Crippen LogP contribution in [0.2, 0.25) is 0 Å². The second-order valence-corrected chi connectivity index (χ2v) is 9.11. The van der Waals surface area contributed by atoms with Crippen LogP contribution in [0, 0.1) is 0 Å². The molecule has 3 heteroatoms. The molecule has 1 aromatic heterocycles. The van der Waals surface area contributed by atoms with E-state index in [1.807, 2.05) is 18.0 Å². The van der Waals surface area contributed by atoms with E-state index < -0.39 is 0 Å². The van der Waals surface area contributed by atoms with E-state index in [1.165, 1.54) is 48.1 Å². The summed E-state index contributed by atoms with van der Waals surface area (Å²) in [4.78, 5) is 9.84. The highest BCUT2D eigenvalue weighted by atomic mass is 32.2. The normalized spacial score (nSPS) is 12.8. The number of benzene rings is 5. The van der Waals surface area contributed by atoms with Gasteiger partial charge in [-0.3, -0.25) is 4.90 Å². The van der Waals surface area contributed by atoms with Gasteiger partial charge in [0, 0.05) is 26.8 Å². The Morgan fingerprint density at radius 2 is 1.19 bits per heavy atom. The van der Waals surface area contributed by atoms with Gasteiger partial charge in [0.25, 0.3) is 0 Å². The largest absolute Gasteiger partial charge is 0.292 e. The molecule has 6 aromatic rings. The molecule has 32 heavy (non-hydrogen) atoms. The molecule has 150 valence electrons. The number of aromatic nitrogens is 1. The van der Waals surface area contributed by atoms with Crippen molar-refractivity contribution >= 4 is 61.3 Å². The van der Waals surface area contributed by atoms with Gasteiger partial charge in [0.2, 0.25) is 0 Å². The molecule has 0 fully saturated rings. The van der Waals surface area contributed by atoms with Crippen molar-refractivity contribution in [1.82, 2.24) is 4.98 Å². The van der Waals surface area contributed by atoms with Crippen LogP contribution in [-0.2, 0) is 0 Å². The SMILES string of the molecule is c1ccc2c(N3c4ccc5ccccc5c4Sc4ccc5ccccc5c43)nccc2c1. The second-order valence-electron chi connectivity index (χ2n) is 8.06. The molecular formula is C29H18N2S.